The van der Waals surface area contributed by atoms with Crippen LogP contribution >= 0.6 is 0 Å². The lowest BCUT2D eigenvalue weighted by molar-refractivity contribution is -0.128. The number of carbonyl (C=O) groups is 2. The van der Waals surface area contributed by atoms with Gasteiger partial charge in [-0.15, -0.1) is 0 Å². The third-order valence-corrected chi connectivity index (χ3v) is 5.26. The molecule has 2 heterocycles. The van der Waals surface area contributed by atoms with Crippen LogP contribution in [0.3, 0.4) is 0 Å². The number of rotatable bonds is 5. The maximum atomic E-state index is 13.2. The summed E-state index contributed by atoms with van der Waals surface area (Å²) >= 11 is 0. The van der Waals surface area contributed by atoms with Gasteiger partial charge in [0.15, 0.2) is 0 Å². The second kappa shape index (κ2) is 7.52. The van der Waals surface area contributed by atoms with Gasteiger partial charge in [-0.05, 0) is 49.2 Å². The summed E-state index contributed by atoms with van der Waals surface area (Å²) in [5.41, 5.74) is 9.22. The van der Waals surface area contributed by atoms with Crippen LogP contribution in [0.15, 0.2) is 65.7 Å². The standard InChI is InChI=1S/C22H21FN4O2/c1-13-14(2)22(29)27(12-15-7-9-17(23)10-8-15)20(13)25-26-21(28)19-11-16-5-3-4-6-18(16)24-19/h3-11,20,24-25H,12H2,1-2H3,(H,26,28). The average Bonchev–Trinajstić information content (AvgIpc) is 3.24. The minimum atomic E-state index is -0.485. The molecule has 0 saturated carbocycles. The van der Waals surface area contributed by atoms with Gasteiger partial charge in [-0.25, -0.2) is 9.82 Å². The van der Waals surface area contributed by atoms with Crippen molar-refractivity contribution in [2.45, 2.75) is 26.6 Å². The summed E-state index contributed by atoms with van der Waals surface area (Å²) in [6.07, 6.45) is -0.485. The first kappa shape index (κ1) is 18.9. The smallest absolute Gasteiger partial charge is 0.281 e. The molecule has 1 aromatic heterocycles. The van der Waals surface area contributed by atoms with E-state index in [-0.39, 0.29) is 17.6 Å². The fraction of sp³-hybridized carbons (Fsp3) is 0.182. The molecule has 4 rings (SSSR count). The first-order chi connectivity index (χ1) is 13.9. The molecule has 1 unspecified atom stereocenters. The highest BCUT2D eigenvalue weighted by Gasteiger charge is 2.35. The second-order valence-electron chi connectivity index (χ2n) is 7.14. The average molecular weight is 392 g/mol. The number of aromatic amines is 1. The third kappa shape index (κ3) is 3.64. The lowest BCUT2D eigenvalue weighted by Crippen LogP contribution is -2.52. The first-order valence-electron chi connectivity index (χ1n) is 9.30. The number of nitrogens with one attached hydrogen (secondary N) is 3. The van der Waals surface area contributed by atoms with E-state index in [1.54, 1.807) is 30.0 Å². The molecule has 1 aliphatic rings. The van der Waals surface area contributed by atoms with Gasteiger partial charge in [0.1, 0.15) is 17.7 Å². The normalized spacial score (nSPS) is 16.7. The molecular formula is C22H21FN4O2. The fourth-order valence-electron chi connectivity index (χ4n) is 3.47. The number of hydrazine groups is 1. The van der Waals surface area contributed by atoms with Crippen molar-refractivity contribution in [3.05, 3.63) is 82.8 Å². The topological polar surface area (TPSA) is 77.2 Å². The number of amides is 2. The Morgan fingerprint density at radius 3 is 2.59 bits per heavy atom. The van der Waals surface area contributed by atoms with E-state index in [0.29, 0.717) is 17.8 Å². The van der Waals surface area contributed by atoms with Gasteiger partial charge in [-0.1, -0.05) is 30.3 Å². The van der Waals surface area contributed by atoms with E-state index >= 15 is 0 Å². The Morgan fingerprint density at radius 2 is 1.86 bits per heavy atom. The maximum Gasteiger partial charge on any atom is 0.281 e. The molecule has 29 heavy (non-hydrogen) atoms. The van der Waals surface area contributed by atoms with Crippen molar-refractivity contribution < 1.29 is 14.0 Å². The zero-order valence-corrected chi connectivity index (χ0v) is 16.1. The van der Waals surface area contributed by atoms with Crippen molar-refractivity contribution in [2.75, 3.05) is 0 Å². The van der Waals surface area contributed by atoms with Crippen LogP contribution in [0, 0.1) is 5.82 Å². The second-order valence-corrected chi connectivity index (χ2v) is 7.14. The van der Waals surface area contributed by atoms with E-state index in [1.807, 2.05) is 31.2 Å². The third-order valence-electron chi connectivity index (χ3n) is 5.26. The van der Waals surface area contributed by atoms with Gasteiger partial charge in [-0.3, -0.25) is 15.0 Å². The predicted octanol–water partition coefficient (Wildman–Crippen LogP) is 3.25. The minimum absolute atomic E-state index is 0.121. The first-order valence-corrected chi connectivity index (χ1v) is 9.30. The van der Waals surface area contributed by atoms with Crippen molar-refractivity contribution in [1.82, 2.24) is 20.7 Å². The number of hydrogen-bond donors (Lipinski definition) is 3. The number of hydrogen-bond acceptors (Lipinski definition) is 3. The summed E-state index contributed by atoms with van der Waals surface area (Å²) in [5, 5.41) is 0.943. The van der Waals surface area contributed by atoms with E-state index in [4.69, 9.17) is 0 Å². The molecule has 0 saturated heterocycles. The van der Waals surface area contributed by atoms with Crippen molar-refractivity contribution in [1.29, 1.82) is 0 Å². The quantitative estimate of drug-likeness (QED) is 0.584. The molecule has 1 atom stereocenters. The van der Waals surface area contributed by atoms with Crippen LogP contribution < -0.4 is 10.9 Å². The van der Waals surface area contributed by atoms with Crippen LogP contribution in [0.4, 0.5) is 4.39 Å². The molecular weight excluding hydrogens is 371 g/mol. The van der Waals surface area contributed by atoms with Gasteiger partial charge in [0.25, 0.3) is 11.8 Å². The molecule has 7 heteroatoms. The molecule has 3 aromatic rings. The summed E-state index contributed by atoms with van der Waals surface area (Å²) in [7, 11) is 0. The summed E-state index contributed by atoms with van der Waals surface area (Å²) in [6, 6.07) is 15.4. The van der Waals surface area contributed by atoms with E-state index < -0.39 is 6.17 Å². The number of benzene rings is 2. The molecule has 3 N–H and O–H groups in total. The van der Waals surface area contributed by atoms with E-state index in [2.05, 4.69) is 15.8 Å². The van der Waals surface area contributed by atoms with Crippen LogP contribution in [0.25, 0.3) is 10.9 Å². The number of fused-ring (bicyclic) bond motifs is 1. The molecule has 2 aromatic carbocycles. The highest BCUT2D eigenvalue weighted by atomic mass is 19.1. The number of nitrogens with zero attached hydrogens (tertiary/aromatic N) is 1. The van der Waals surface area contributed by atoms with Gasteiger partial charge >= 0.3 is 0 Å². The van der Waals surface area contributed by atoms with Gasteiger partial charge in [0.05, 0.1) is 0 Å². The van der Waals surface area contributed by atoms with Gasteiger partial charge < -0.3 is 9.88 Å². The van der Waals surface area contributed by atoms with E-state index in [1.165, 1.54) is 12.1 Å². The van der Waals surface area contributed by atoms with Crippen molar-refractivity contribution in [3.8, 4) is 0 Å². The van der Waals surface area contributed by atoms with E-state index in [0.717, 1.165) is 22.0 Å². The molecule has 0 spiro atoms. The molecule has 148 valence electrons. The summed E-state index contributed by atoms with van der Waals surface area (Å²) in [5.74, 6) is -0.774. The van der Waals surface area contributed by atoms with Crippen LogP contribution in [0.2, 0.25) is 0 Å². The van der Waals surface area contributed by atoms with Crippen molar-refractivity contribution in [2.24, 2.45) is 0 Å². The van der Waals surface area contributed by atoms with Crippen LogP contribution in [0.5, 0.6) is 0 Å². The lowest BCUT2D eigenvalue weighted by Gasteiger charge is -2.27. The Kier molecular flexibility index (Phi) is 4.90. The minimum Gasteiger partial charge on any atom is -0.350 e. The molecule has 0 fully saturated rings. The summed E-state index contributed by atoms with van der Waals surface area (Å²) in [4.78, 5) is 29.9. The van der Waals surface area contributed by atoms with Crippen molar-refractivity contribution in [3.63, 3.8) is 0 Å². The number of carbonyl (C=O) groups excluding carboxylic acids is 2. The fourth-order valence-corrected chi connectivity index (χ4v) is 3.47. The zero-order chi connectivity index (χ0) is 20.5. The Bertz CT molecular complexity index is 1080. The molecule has 0 aliphatic carbocycles. The Morgan fingerprint density at radius 1 is 1.14 bits per heavy atom. The molecule has 1 aliphatic heterocycles. The molecule has 2 amide bonds. The molecule has 0 bridgehead atoms. The highest BCUT2D eigenvalue weighted by molar-refractivity contribution is 5.98. The van der Waals surface area contributed by atoms with E-state index in [9.17, 15) is 14.0 Å². The van der Waals surface area contributed by atoms with Crippen LogP contribution in [-0.4, -0.2) is 27.9 Å². The lowest BCUT2D eigenvalue weighted by atomic mass is 10.2. The summed E-state index contributed by atoms with van der Waals surface area (Å²) in [6.45, 7) is 3.91. The zero-order valence-electron chi connectivity index (χ0n) is 16.1. The SMILES string of the molecule is CC1=C(C)C(NNC(=O)c2cc3ccccc3[nH]2)N(Cc2ccc(F)cc2)C1=O. The molecule has 6 nitrogen and oxygen atoms in total. The Balaban J connectivity index is 1.49. The van der Waals surface area contributed by atoms with Crippen LogP contribution in [-0.2, 0) is 11.3 Å². The maximum absolute atomic E-state index is 13.2. The Labute approximate surface area is 167 Å². The van der Waals surface area contributed by atoms with Crippen molar-refractivity contribution >= 4 is 22.7 Å². The Hall–Kier alpha value is -3.45. The summed E-state index contributed by atoms with van der Waals surface area (Å²) < 4.78 is 13.2. The number of para-hydroxylation sites is 1. The number of halogens is 1. The van der Waals surface area contributed by atoms with Gasteiger partial charge in [0, 0.05) is 23.0 Å². The number of H-pyrrole nitrogens is 1. The van der Waals surface area contributed by atoms with Crippen LogP contribution in [0.1, 0.15) is 29.9 Å². The van der Waals surface area contributed by atoms with Gasteiger partial charge in [-0.2, -0.15) is 0 Å². The highest BCUT2D eigenvalue weighted by Crippen LogP contribution is 2.25. The molecule has 0 radical (unpaired) electrons. The number of aromatic nitrogens is 1. The monoisotopic (exact) mass is 392 g/mol. The predicted molar refractivity (Wildman–Crippen MR) is 108 cm³/mol. The largest absolute Gasteiger partial charge is 0.350 e. The van der Waals surface area contributed by atoms with Gasteiger partial charge in [0.2, 0.25) is 0 Å².